The molecule has 0 aliphatic carbocycles. The number of nitrogens with one attached hydrogen (secondary N) is 1. The second kappa shape index (κ2) is 7.67. The van der Waals surface area contributed by atoms with Gasteiger partial charge in [0, 0.05) is 12.8 Å². The molecule has 2 heterocycles. The summed E-state index contributed by atoms with van der Waals surface area (Å²) < 4.78 is 6.38. The Morgan fingerprint density at radius 1 is 1.04 bits per heavy atom. The van der Waals surface area contributed by atoms with Crippen LogP contribution < -0.4 is 5.56 Å². The van der Waals surface area contributed by atoms with E-state index in [2.05, 4.69) is 15.0 Å². The summed E-state index contributed by atoms with van der Waals surface area (Å²) in [6.07, 6.45) is 1.33. The molecule has 0 saturated carbocycles. The number of fused-ring (bicyclic) bond motifs is 2. The molecule has 27 heavy (non-hydrogen) atoms. The highest BCUT2D eigenvalue weighted by Gasteiger charge is 2.09. The van der Waals surface area contributed by atoms with Gasteiger partial charge in [-0.3, -0.25) is 9.59 Å². The number of thiazole rings is 1. The van der Waals surface area contributed by atoms with E-state index in [0.29, 0.717) is 29.6 Å². The second-order valence-electron chi connectivity index (χ2n) is 6.12. The second-order valence-corrected chi connectivity index (χ2v) is 7.23. The summed E-state index contributed by atoms with van der Waals surface area (Å²) in [6, 6.07) is 15.0. The summed E-state index contributed by atoms with van der Waals surface area (Å²) in [6.45, 7) is 0.184. The smallest absolute Gasteiger partial charge is 0.306 e. The standard InChI is InChI=1S/C20H17N3O3S/c24-19(26-12-18-22-15-8-3-4-9-16(15)27-18)11-5-10-17-21-14-7-2-1-6-13(14)20(25)23-17/h1-4,6-9H,5,10-12H2,(H,21,23,25). The zero-order valence-corrected chi connectivity index (χ0v) is 15.3. The predicted molar refractivity (Wildman–Crippen MR) is 105 cm³/mol. The average molecular weight is 379 g/mol. The monoisotopic (exact) mass is 379 g/mol. The Kier molecular flexibility index (Phi) is 4.93. The number of benzene rings is 2. The van der Waals surface area contributed by atoms with Crippen LogP contribution in [0.2, 0.25) is 0 Å². The molecule has 1 N–H and O–H groups in total. The van der Waals surface area contributed by atoms with Crippen molar-refractivity contribution in [1.82, 2.24) is 15.0 Å². The number of H-pyrrole nitrogens is 1. The lowest BCUT2D eigenvalue weighted by molar-refractivity contribution is -0.145. The van der Waals surface area contributed by atoms with E-state index in [1.54, 1.807) is 18.2 Å². The van der Waals surface area contributed by atoms with Gasteiger partial charge in [0.1, 0.15) is 17.4 Å². The van der Waals surface area contributed by atoms with Crippen LogP contribution in [0, 0.1) is 0 Å². The van der Waals surface area contributed by atoms with Crippen molar-refractivity contribution in [2.24, 2.45) is 0 Å². The fourth-order valence-electron chi connectivity index (χ4n) is 2.85. The van der Waals surface area contributed by atoms with Crippen molar-refractivity contribution in [2.45, 2.75) is 25.9 Å². The first kappa shape index (κ1) is 17.4. The van der Waals surface area contributed by atoms with Crippen LogP contribution in [-0.2, 0) is 22.6 Å². The predicted octanol–water partition coefficient (Wildman–Crippen LogP) is 3.60. The minimum Gasteiger partial charge on any atom is -0.458 e. The van der Waals surface area contributed by atoms with E-state index in [1.165, 1.54) is 11.3 Å². The molecule has 0 fully saturated rings. The molecular formula is C20H17N3O3S. The highest BCUT2D eigenvalue weighted by atomic mass is 32.1. The Bertz CT molecular complexity index is 1130. The van der Waals surface area contributed by atoms with Crippen LogP contribution in [-0.4, -0.2) is 20.9 Å². The molecule has 2 aromatic carbocycles. The minimum atomic E-state index is -0.280. The molecule has 7 heteroatoms. The number of para-hydroxylation sites is 2. The molecule has 2 aromatic heterocycles. The van der Waals surface area contributed by atoms with E-state index in [4.69, 9.17) is 4.74 Å². The van der Waals surface area contributed by atoms with Gasteiger partial charge >= 0.3 is 5.97 Å². The molecule has 0 bridgehead atoms. The molecule has 0 amide bonds. The van der Waals surface area contributed by atoms with Gasteiger partial charge in [-0.1, -0.05) is 24.3 Å². The number of hydrogen-bond donors (Lipinski definition) is 1. The van der Waals surface area contributed by atoms with Crippen LogP contribution in [0.3, 0.4) is 0 Å². The van der Waals surface area contributed by atoms with Crippen LogP contribution in [0.15, 0.2) is 53.3 Å². The normalized spacial score (nSPS) is 11.1. The SMILES string of the molecule is O=C(CCCc1nc2ccccc2c(=O)[nH]1)OCc1nc2ccccc2s1. The maximum atomic E-state index is 12.0. The van der Waals surface area contributed by atoms with Gasteiger partial charge in [0.15, 0.2) is 0 Å². The molecule has 0 atom stereocenters. The number of aromatic amines is 1. The van der Waals surface area contributed by atoms with Crippen molar-refractivity contribution >= 4 is 38.4 Å². The van der Waals surface area contributed by atoms with Crippen molar-refractivity contribution < 1.29 is 9.53 Å². The Balaban J connectivity index is 1.30. The van der Waals surface area contributed by atoms with Gasteiger partial charge in [-0.15, -0.1) is 11.3 Å². The number of ether oxygens (including phenoxy) is 1. The van der Waals surface area contributed by atoms with Crippen molar-refractivity contribution in [1.29, 1.82) is 0 Å². The van der Waals surface area contributed by atoms with Gasteiger partial charge < -0.3 is 9.72 Å². The quantitative estimate of drug-likeness (QED) is 0.518. The number of hydrogen-bond acceptors (Lipinski definition) is 6. The van der Waals surface area contributed by atoms with Crippen molar-refractivity contribution in [3.05, 3.63) is 69.7 Å². The van der Waals surface area contributed by atoms with E-state index in [0.717, 1.165) is 15.2 Å². The van der Waals surface area contributed by atoms with Crippen molar-refractivity contribution in [2.75, 3.05) is 0 Å². The Labute approximate surface area is 158 Å². The lowest BCUT2D eigenvalue weighted by Crippen LogP contribution is -2.12. The van der Waals surface area contributed by atoms with Gasteiger partial charge in [-0.25, -0.2) is 9.97 Å². The van der Waals surface area contributed by atoms with E-state index in [-0.39, 0.29) is 24.6 Å². The molecule has 0 spiro atoms. The molecule has 0 radical (unpaired) electrons. The first-order valence-corrected chi connectivity index (χ1v) is 9.49. The van der Waals surface area contributed by atoms with Crippen LogP contribution in [0.5, 0.6) is 0 Å². The summed E-state index contributed by atoms with van der Waals surface area (Å²) in [4.78, 5) is 35.6. The highest BCUT2D eigenvalue weighted by molar-refractivity contribution is 7.18. The molecule has 4 aromatic rings. The fourth-order valence-corrected chi connectivity index (χ4v) is 3.73. The number of esters is 1. The van der Waals surface area contributed by atoms with Gasteiger partial charge in [0.2, 0.25) is 0 Å². The fraction of sp³-hybridized carbons (Fsp3) is 0.200. The molecule has 0 unspecified atom stereocenters. The van der Waals surface area contributed by atoms with E-state index < -0.39 is 0 Å². The summed E-state index contributed by atoms with van der Waals surface area (Å²) in [5.41, 5.74) is 1.42. The number of aromatic nitrogens is 3. The Morgan fingerprint density at radius 2 is 1.81 bits per heavy atom. The first-order valence-electron chi connectivity index (χ1n) is 8.67. The molecule has 6 nitrogen and oxygen atoms in total. The summed E-state index contributed by atoms with van der Waals surface area (Å²) in [5.74, 6) is 0.301. The minimum absolute atomic E-state index is 0.158. The first-order chi connectivity index (χ1) is 13.2. The van der Waals surface area contributed by atoms with Gasteiger partial charge in [-0.05, 0) is 30.7 Å². The summed E-state index contributed by atoms with van der Waals surface area (Å²) in [7, 11) is 0. The number of aryl methyl sites for hydroxylation is 1. The lowest BCUT2D eigenvalue weighted by Gasteiger charge is -2.04. The van der Waals surface area contributed by atoms with Gasteiger partial charge in [0.05, 0.1) is 21.1 Å². The van der Waals surface area contributed by atoms with E-state index >= 15 is 0 Å². The maximum Gasteiger partial charge on any atom is 0.306 e. The Hall–Kier alpha value is -3.06. The zero-order valence-electron chi connectivity index (χ0n) is 14.5. The third kappa shape index (κ3) is 4.03. The topological polar surface area (TPSA) is 84.9 Å². The molecular weight excluding hydrogens is 362 g/mol. The van der Waals surface area contributed by atoms with Crippen LogP contribution in [0.1, 0.15) is 23.7 Å². The number of rotatable bonds is 6. The third-order valence-corrected chi connectivity index (χ3v) is 5.16. The highest BCUT2D eigenvalue weighted by Crippen LogP contribution is 2.22. The summed E-state index contributed by atoms with van der Waals surface area (Å²) >= 11 is 1.52. The molecule has 136 valence electrons. The number of nitrogens with zero attached hydrogens (tertiary/aromatic N) is 2. The molecule has 0 aliphatic heterocycles. The molecule has 0 saturated heterocycles. The van der Waals surface area contributed by atoms with E-state index in [9.17, 15) is 9.59 Å². The Morgan fingerprint density at radius 3 is 2.67 bits per heavy atom. The van der Waals surface area contributed by atoms with Crippen LogP contribution >= 0.6 is 11.3 Å². The largest absolute Gasteiger partial charge is 0.458 e. The zero-order chi connectivity index (χ0) is 18.6. The molecule has 0 aliphatic rings. The van der Waals surface area contributed by atoms with Crippen molar-refractivity contribution in [3.8, 4) is 0 Å². The van der Waals surface area contributed by atoms with E-state index in [1.807, 2.05) is 30.3 Å². The molecule has 4 rings (SSSR count). The van der Waals surface area contributed by atoms with Crippen molar-refractivity contribution in [3.63, 3.8) is 0 Å². The van der Waals surface area contributed by atoms with Crippen LogP contribution in [0.25, 0.3) is 21.1 Å². The lowest BCUT2D eigenvalue weighted by atomic mass is 10.2. The van der Waals surface area contributed by atoms with Gasteiger partial charge in [-0.2, -0.15) is 0 Å². The number of carbonyl (C=O) groups excluding carboxylic acids is 1. The van der Waals surface area contributed by atoms with Crippen LogP contribution in [0.4, 0.5) is 0 Å². The summed E-state index contributed by atoms with van der Waals surface area (Å²) in [5, 5.41) is 1.35. The number of carbonyl (C=O) groups is 1. The van der Waals surface area contributed by atoms with Gasteiger partial charge in [0.25, 0.3) is 5.56 Å². The third-order valence-electron chi connectivity index (χ3n) is 4.15. The maximum absolute atomic E-state index is 12.0. The average Bonchev–Trinajstić information content (AvgIpc) is 3.09.